The molecule has 1 aromatic carbocycles. The van der Waals surface area contributed by atoms with E-state index < -0.39 is 23.9 Å². The molecule has 36 heavy (non-hydrogen) atoms. The Morgan fingerprint density at radius 2 is 1.83 bits per heavy atom. The van der Waals surface area contributed by atoms with Crippen LogP contribution in [-0.4, -0.2) is 50.8 Å². The van der Waals surface area contributed by atoms with Crippen LogP contribution in [0.15, 0.2) is 41.0 Å². The minimum Gasteiger partial charge on any atom is -0.507 e. The topological polar surface area (TPSA) is 98.1 Å². The zero-order valence-electron chi connectivity index (χ0n) is 21.7. The number of phenolic OH excluding ortho intramolecular Hbond substituents is 1. The molecule has 0 unspecified atom stereocenters. The molecule has 0 bridgehead atoms. The number of hydrogen-bond acceptors (Lipinski definition) is 5. The van der Waals surface area contributed by atoms with Gasteiger partial charge in [0.05, 0.1) is 24.5 Å². The van der Waals surface area contributed by atoms with Gasteiger partial charge in [0, 0.05) is 17.5 Å². The third-order valence-electron chi connectivity index (χ3n) is 8.63. The molecule has 3 aliphatic rings. The second-order valence-corrected chi connectivity index (χ2v) is 10.6. The zero-order chi connectivity index (χ0) is 25.8. The Kier molecular flexibility index (Phi) is 8.68. The second-order valence-electron chi connectivity index (χ2n) is 10.6. The molecule has 1 heterocycles. The number of allylic oxidation sites excluding steroid dienone is 2. The lowest BCUT2D eigenvalue weighted by atomic mass is 9.67. The molecule has 6 heteroatoms. The molecular formula is C30H41NO5. The van der Waals surface area contributed by atoms with Crippen LogP contribution in [-0.2, 0) is 9.59 Å². The summed E-state index contributed by atoms with van der Waals surface area (Å²) in [5.41, 5.74) is 3.64. The van der Waals surface area contributed by atoms with Gasteiger partial charge in [-0.15, -0.1) is 0 Å². The Morgan fingerprint density at radius 1 is 1.11 bits per heavy atom. The molecule has 1 saturated carbocycles. The molecule has 1 saturated heterocycles. The van der Waals surface area contributed by atoms with Crippen LogP contribution in [0.1, 0.15) is 83.6 Å². The SMILES string of the molecule is CCC1=C([C@H](O)CC/C(=C/c2ccccc2O)CC)[C@H](CO)[C@@H]2C(=O)N(C3CCCCC3)C(=O)[C@@H]2C1. The fourth-order valence-corrected chi connectivity index (χ4v) is 6.68. The summed E-state index contributed by atoms with van der Waals surface area (Å²) in [4.78, 5) is 28.5. The molecule has 2 amide bonds. The first kappa shape index (κ1) is 26.6. The molecule has 3 N–H and O–H groups in total. The van der Waals surface area contributed by atoms with Crippen molar-refractivity contribution in [1.29, 1.82) is 0 Å². The molecule has 1 aliphatic heterocycles. The first-order valence-corrected chi connectivity index (χ1v) is 13.8. The highest BCUT2D eigenvalue weighted by Gasteiger charge is 2.56. The van der Waals surface area contributed by atoms with Crippen molar-refractivity contribution in [3.05, 3.63) is 46.5 Å². The van der Waals surface area contributed by atoms with E-state index in [-0.39, 0.29) is 30.2 Å². The summed E-state index contributed by atoms with van der Waals surface area (Å²) in [5, 5.41) is 32.0. The Morgan fingerprint density at radius 3 is 2.47 bits per heavy atom. The van der Waals surface area contributed by atoms with E-state index in [1.807, 2.05) is 25.1 Å². The number of aliphatic hydroxyl groups excluding tert-OH is 2. The van der Waals surface area contributed by atoms with Gasteiger partial charge in [-0.05, 0) is 56.6 Å². The lowest BCUT2D eigenvalue weighted by molar-refractivity contribution is -0.143. The van der Waals surface area contributed by atoms with Crippen LogP contribution in [0.2, 0.25) is 0 Å². The van der Waals surface area contributed by atoms with Crippen LogP contribution in [0.4, 0.5) is 0 Å². The van der Waals surface area contributed by atoms with Gasteiger partial charge in [0.15, 0.2) is 0 Å². The number of phenols is 1. The monoisotopic (exact) mass is 495 g/mol. The van der Waals surface area contributed by atoms with E-state index >= 15 is 0 Å². The van der Waals surface area contributed by atoms with Gasteiger partial charge in [0.1, 0.15) is 5.75 Å². The molecule has 0 radical (unpaired) electrons. The highest BCUT2D eigenvalue weighted by Crippen LogP contribution is 2.48. The summed E-state index contributed by atoms with van der Waals surface area (Å²) in [7, 11) is 0. The molecule has 4 atom stereocenters. The zero-order valence-corrected chi connectivity index (χ0v) is 21.7. The highest BCUT2D eigenvalue weighted by molar-refractivity contribution is 6.06. The number of aromatic hydroxyl groups is 1. The number of carbonyl (C=O) groups excluding carboxylic acids is 2. The van der Waals surface area contributed by atoms with Crippen LogP contribution in [0, 0.1) is 17.8 Å². The third-order valence-corrected chi connectivity index (χ3v) is 8.63. The van der Waals surface area contributed by atoms with Gasteiger partial charge in [-0.3, -0.25) is 14.5 Å². The molecule has 196 valence electrons. The van der Waals surface area contributed by atoms with Crippen molar-refractivity contribution >= 4 is 17.9 Å². The minimum absolute atomic E-state index is 0.0196. The van der Waals surface area contributed by atoms with E-state index in [0.29, 0.717) is 25.7 Å². The summed E-state index contributed by atoms with van der Waals surface area (Å²) in [5.74, 6) is -1.52. The lowest BCUT2D eigenvalue weighted by Crippen LogP contribution is -2.42. The van der Waals surface area contributed by atoms with Crippen LogP contribution in [0.5, 0.6) is 5.75 Å². The molecule has 6 nitrogen and oxygen atoms in total. The molecular weight excluding hydrogens is 454 g/mol. The maximum atomic E-state index is 13.6. The predicted octanol–water partition coefficient (Wildman–Crippen LogP) is 4.98. The van der Waals surface area contributed by atoms with E-state index in [4.69, 9.17) is 0 Å². The number of benzene rings is 1. The number of hydrogen-bond donors (Lipinski definition) is 3. The van der Waals surface area contributed by atoms with Crippen molar-refractivity contribution < 1.29 is 24.9 Å². The number of para-hydroxylation sites is 1. The quantitative estimate of drug-likeness (QED) is 0.332. The van der Waals surface area contributed by atoms with E-state index in [9.17, 15) is 24.9 Å². The summed E-state index contributed by atoms with van der Waals surface area (Å²) < 4.78 is 0. The van der Waals surface area contributed by atoms with Gasteiger partial charge < -0.3 is 15.3 Å². The number of amides is 2. The Balaban J connectivity index is 1.54. The smallest absolute Gasteiger partial charge is 0.234 e. The maximum Gasteiger partial charge on any atom is 0.234 e. The number of likely N-dealkylation sites (tertiary alicyclic amines) is 1. The number of imide groups is 1. The van der Waals surface area contributed by atoms with Crippen molar-refractivity contribution in [2.75, 3.05) is 6.61 Å². The highest BCUT2D eigenvalue weighted by atomic mass is 16.3. The Labute approximate surface area is 214 Å². The largest absolute Gasteiger partial charge is 0.507 e. The van der Waals surface area contributed by atoms with E-state index in [1.165, 1.54) is 4.90 Å². The minimum atomic E-state index is -0.788. The van der Waals surface area contributed by atoms with Gasteiger partial charge in [-0.1, -0.05) is 68.5 Å². The summed E-state index contributed by atoms with van der Waals surface area (Å²) in [6.45, 7) is 3.83. The summed E-state index contributed by atoms with van der Waals surface area (Å²) in [6, 6.07) is 7.17. The fourth-order valence-electron chi connectivity index (χ4n) is 6.68. The molecule has 0 spiro atoms. The van der Waals surface area contributed by atoms with Crippen LogP contribution < -0.4 is 0 Å². The maximum absolute atomic E-state index is 13.6. The molecule has 0 aromatic heterocycles. The van der Waals surface area contributed by atoms with Gasteiger partial charge in [0.2, 0.25) is 11.8 Å². The van der Waals surface area contributed by atoms with E-state index in [1.54, 1.807) is 12.1 Å². The average Bonchev–Trinajstić information content (AvgIpc) is 3.15. The van der Waals surface area contributed by atoms with Crippen LogP contribution in [0.25, 0.3) is 6.08 Å². The predicted molar refractivity (Wildman–Crippen MR) is 140 cm³/mol. The van der Waals surface area contributed by atoms with Gasteiger partial charge in [-0.25, -0.2) is 0 Å². The second kappa shape index (κ2) is 11.7. The van der Waals surface area contributed by atoms with Crippen LogP contribution >= 0.6 is 0 Å². The molecule has 2 fully saturated rings. The van der Waals surface area contributed by atoms with Crippen molar-refractivity contribution in [3.8, 4) is 5.75 Å². The number of nitrogens with zero attached hydrogens (tertiary/aromatic N) is 1. The number of rotatable bonds is 9. The van der Waals surface area contributed by atoms with Crippen molar-refractivity contribution in [1.82, 2.24) is 4.90 Å². The van der Waals surface area contributed by atoms with Crippen molar-refractivity contribution in [2.45, 2.75) is 90.2 Å². The summed E-state index contributed by atoms with van der Waals surface area (Å²) >= 11 is 0. The number of fused-ring (bicyclic) bond motifs is 1. The molecule has 4 rings (SSSR count). The molecule has 2 aliphatic carbocycles. The van der Waals surface area contributed by atoms with Gasteiger partial charge in [0.25, 0.3) is 0 Å². The third kappa shape index (κ3) is 5.16. The first-order chi connectivity index (χ1) is 17.4. The normalized spacial score (nSPS) is 26.5. The summed E-state index contributed by atoms with van der Waals surface area (Å²) in [6.07, 6.45) is 9.22. The van der Waals surface area contributed by atoms with E-state index in [0.717, 1.165) is 60.8 Å². The van der Waals surface area contributed by atoms with Gasteiger partial charge >= 0.3 is 0 Å². The fraction of sp³-hybridized carbons (Fsp3) is 0.600. The van der Waals surface area contributed by atoms with Gasteiger partial charge in [-0.2, -0.15) is 0 Å². The Hall–Kier alpha value is -2.44. The van der Waals surface area contributed by atoms with Crippen LogP contribution in [0.3, 0.4) is 0 Å². The van der Waals surface area contributed by atoms with E-state index in [2.05, 4.69) is 6.92 Å². The average molecular weight is 496 g/mol. The standard InChI is InChI=1S/C30H41NO5/c1-3-19(16-21-10-8-9-13-25(21)33)14-15-26(34)27-20(4-2)17-23-28(24(27)18-32)30(36)31(29(23)35)22-11-6-5-7-12-22/h8-10,13,16,22-24,26,28,32-34H,3-7,11-12,14-15,17-18H2,1-2H3/b19-16+/t23-,24+,26-,28-/m1/s1. The molecule has 1 aromatic rings. The number of carbonyl (C=O) groups is 2. The first-order valence-electron chi connectivity index (χ1n) is 13.8. The van der Waals surface area contributed by atoms with Crippen molar-refractivity contribution in [3.63, 3.8) is 0 Å². The lowest BCUT2D eigenvalue weighted by Gasteiger charge is -2.36. The number of aliphatic hydroxyl groups is 2. The van der Waals surface area contributed by atoms with Crippen molar-refractivity contribution in [2.24, 2.45) is 17.8 Å². The Bertz CT molecular complexity index is 1020.